The number of nitrogens with zero attached hydrogens (tertiary/aromatic N) is 3. The van der Waals surface area contributed by atoms with Crippen LogP contribution in [-0.4, -0.2) is 36.3 Å². The summed E-state index contributed by atoms with van der Waals surface area (Å²) >= 11 is 5.78. The summed E-state index contributed by atoms with van der Waals surface area (Å²) in [6, 6.07) is 6.59. The lowest BCUT2D eigenvalue weighted by atomic mass is 10.1. The van der Waals surface area contributed by atoms with E-state index in [-0.39, 0.29) is 11.1 Å². The fraction of sp³-hybridized carbons (Fsp3) is 0.286. The normalized spacial score (nSPS) is 15.4. The van der Waals surface area contributed by atoms with E-state index in [9.17, 15) is 4.39 Å². The topological polar surface area (TPSA) is 38.2 Å². The predicted octanol–water partition coefficient (Wildman–Crippen LogP) is 2.77. The van der Waals surface area contributed by atoms with Gasteiger partial charge in [-0.2, -0.15) is 0 Å². The number of benzene rings is 1. The maximum Gasteiger partial charge on any atom is 0.222 e. The van der Waals surface area contributed by atoms with Gasteiger partial charge in [0.1, 0.15) is 5.82 Å². The van der Waals surface area contributed by atoms with Crippen LogP contribution in [-0.2, 0) is 4.74 Å². The maximum absolute atomic E-state index is 13.8. The highest BCUT2D eigenvalue weighted by Gasteiger charge is 2.14. The number of hydrogen-bond donors (Lipinski definition) is 0. The zero-order chi connectivity index (χ0) is 13.9. The predicted molar refractivity (Wildman–Crippen MR) is 75.5 cm³/mol. The number of anilines is 1. The number of morpholine rings is 1. The largest absolute Gasteiger partial charge is 0.378 e. The van der Waals surface area contributed by atoms with E-state index in [0.29, 0.717) is 24.5 Å². The average molecular weight is 294 g/mol. The standard InChI is InChI=1S/C14H13ClFN3O/c15-14-17-2-1-13(18-14)10-7-11(16)9-12(8-10)19-3-5-20-6-4-19/h1-2,7-9H,3-6H2. The van der Waals surface area contributed by atoms with Crippen LogP contribution in [0.4, 0.5) is 10.1 Å². The van der Waals surface area contributed by atoms with Crippen LogP contribution < -0.4 is 4.90 Å². The lowest BCUT2D eigenvalue weighted by Gasteiger charge is -2.29. The monoisotopic (exact) mass is 293 g/mol. The first-order valence-corrected chi connectivity index (χ1v) is 6.72. The van der Waals surface area contributed by atoms with Gasteiger partial charge in [-0.3, -0.25) is 0 Å². The molecule has 1 saturated heterocycles. The zero-order valence-corrected chi connectivity index (χ0v) is 11.5. The molecule has 1 fully saturated rings. The van der Waals surface area contributed by atoms with E-state index < -0.39 is 0 Å². The van der Waals surface area contributed by atoms with Crippen molar-refractivity contribution in [2.75, 3.05) is 31.2 Å². The SMILES string of the molecule is Fc1cc(-c2ccnc(Cl)n2)cc(N2CCOCC2)c1. The van der Waals surface area contributed by atoms with Gasteiger partial charge in [-0.25, -0.2) is 14.4 Å². The van der Waals surface area contributed by atoms with Gasteiger partial charge in [0, 0.05) is 30.5 Å². The Morgan fingerprint density at radius 2 is 2.00 bits per heavy atom. The Morgan fingerprint density at radius 3 is 2.75 bits per heavy atom. The van der Waals surface area contributed by atoms with Gasteiger partial charge in [-0.05, 0) is 35.9 Å². The summed E-state index contributed by atoms with van der Waals surface area (Å²) < 4.78 is 19.1. The van der Waals surface area contributed by atoms with Gasteiger partial charge in [0.25, 0.3) is 0 Å². The molecule has 0 bridgehead atoms. The lowest BCUT2D eigenvalue weighted by Crippen LogP contribution is -2.36. The lowest BCUT2D eigenvalue weighted by molar-refractivity contribution is 0.122. The van der Waals surface area contributed by atoms with Crippen molar-refractivity contribution < 1.29 is 9.13 Å². The Kier molecular flexibility index (Phi) is 3.80. The van der Waals surface area contributed by atoms with Crippen LogP contribution in [0.25, 0.3) is 11.3 Å². The second-order valence-electron chi connectivity index (χ2n) is 4.51. The van der Waals surface area contributed by atoms with Crippen molar-refractivity contribution in [2.24, 2.45) is 0 Å². The second-order valence-corrected chi connectivity index (χ2v) is 4.85. The van der Waals surface area contributed by atoms with Crippen molar-refractivity contribution >= 4 is 17.3 Å². The molecule has 2 aromatic rings. The quantitative estimate of drug-likeness (QED) is 0.798. The molecule has 0 saturated carbocycles. The number of ether oxygens (including phenoxy) is 1. The minimum Gasteiger partial charge on any atom is -0.378 e. The molecule has 1 aromatic carbocycles. The molecule has 2 heterocycles. The summed E-state index contributed by atoms with van der Waals surface area (Å²) in [6.45, 7) is 2.83. The molecule has 0 unspecified atom stereocenters. The third kappa shape index (κ3) is 2.89. The van der Waals surface area contributed by atoms with Crippen LogP contribution in [0.3, 0.4) is 0 Å². The third-order valence-electron chi connectivity index (χ3n) is 3.18. The molecule has 20 heavy (non-hydrogen) atoms. The van der Waals surface area contributed by atoms with E-state index in [2.05, 4.69) is 14.9 Å². The first-order chi connectivity index (χ1) is 9.72. The maximum atomic E-state index is 13.8. The zero-order valence-electron chi connectivity index (χ0n) is 10.7. The molecule has 0 spiro atoms. The number of aromatic nitrogens is 2. The van der Waals surface area contributed by atoms with Gasteiger partial charge in [0.05, 0.1) is 18.9 Å². The molecule has 1 aliphatic rings. The summed E-state index contributed by atoms with van der Waals surface area (Å²) in [5.41, 5.74) is 2.13. The minimum absolute atomic E-state index is 0.152. The third-order valence-corrected chi connectivity index (χ3v) is 3.36. The molecule has 1 aliphatic heterocycles. The highest BCUT2D eigenvalue weighted by atomic mass is 35.5. The minimum atomic E-state index is -0.293. The van der Waals surface area contributed by atoms with Crippen LogP contribution in [0.2, 0.25) is 5.28 Å². The number of halogens is 2. The summed E-state index contributed by atoms with van der Waals surface area (Å²) in [6.07, 6.45) is 1.56. The molecule has 0 atom stereocenters. The molecule has 0 aliphatic carbocycles. The second kappa shape index (κ2) is 5.73. The van der Waals surface area contributed by atoms with E-state index in [1.165, 1.54) is 12.1 Å². The molecule has 6 heteroatoms. The fourth-order valence-electron chi connectivity index (χ4n) is 2.22. The Hall–Kier alpha value is -1.72. The molecule has 104 valence electrons. The summed E-state index contributed by atoms with van der Waals surface area (Å²) in [7, 11) is 0. The van der Waals surface area contributed by atoms with Crippen LogP contribution in [0, 0.1) is 5.82 Å². The first kappa shape index (κ1) is 13.3. The van der Waals surface area contributed by atoms with Gasteiger partial charge in [0.2, 0.25) is 5.28 Å². The van der Waals surface area contributed by atoms with Crippen LogP contribution >= 0.6 is 11.6 Å². The van der Waals surface area contributed by atoms with Gasteiger partial charge in [-0.1, -0.05) is 0 Å². The molecule has 0 N–H and O–H groups in total. The summed E-state index contributed by atoms with van der Waals surface area (Å²) in [5, 5.41) is 0.152. The van der Waals surface area contributed by atoms with Crippen molar-refractivity contribution in [2.45, 2.75) is 0 Å². The highest BCUT2D eigenvalue weighted by molar-refractivity contribution is 6.28. The van der Waals surface area contributed by atoms with Crippen molar-refractivity contribution in [3.8, 4) is 11.3 Å². The Balaban J connectivity index is 1.97. The molecular weight excluding hydrogens is 281 g/mol. The van der Waals surface area contributed by atoms with E-state index in [1.807, 2.05) is 6.07 Å². The van der Waals surface area contributed by atoms with E-state index in [1.54, 1.807) is 12.3 Å². The van der Waals surface area contributed by atoms with Gasteiger partial charge < -0.3 is 9.64 Å². The fourth-order valence-corrected chi connectivity index (χ4v) is 2.37. The van der Waals surface area contributed by atoms with Gasteiger partial charge in [0.15, 0.2) is 0 Å². The van der Waals surface area contributed by atoms with Crippen LogP contribution in [0.5, 0.6) is 0 Å². The number of hydrogen-bond acceptors (Lipinski definition) is 4. The van der Waals surface area contributed by atoms with Crippen molar-refractivity contribution in [3.63, 3.8) is 0 Å². The Bertz CT molecular complexity index is 617. The molecular formula is C14H13ClFN3O. The average Bonchev–Trinajstić information content (AvgIpc) is 2.47. The van der Waals surface area contributed by atoms with E-state index in [0.717, 1.165) is 18.8 Å². The molecule has 1 aromatic heterocycles. The van der Waals surface area contributed by atoms with Crippen LogP contribution in [0.1, 0.15) is 0 Å². The van der Waals surface area contributed by atoms with Gasteiger partial charge >= 0.3 is 0 Å². The van der Waals surface area contributed by atoms with E-state index >= 15 is 0 Å². The molecule has 0 amide bonds. The smallest absolute Gasteiger partial charge is 0.222 e. The Labute approximate surface area is 121 Å². The highest BCUT2D eigenvalue weighted by Crippen LogP contribution is 2.26. The molecule has 4 nitrogen and oxygen atoms in total. The van der Waals surface area contributed by atoms with E-state index in [4.69, 9.17) is 16.3 Å². The molecule has 3 rings (SSSR count). The number of rotatable bonds is 2. The van der Waals surface area contributed by atoms with Crippen molar-refractivity contribution in [3.05, 3.63) is 41.6 Å². The summed E-state index contributed by atoms with van der Waals surface area (Å²) in [5.74, 6) is -0.293. The summed E-state index contributed by atoms with van der Waals surface area (Å²) in [4.78, 5) is 10.0. The van der Waals surface area contributed by atoms with Crippen molar-refractivity contribution in [1.29, 1.82) is 0 Å². The van der Waals surface area contributed by atoms with Crippen molar-refractivity contribution in [1.82, 2.24) is 9.97 Å². The first-order valence-electron chi connectivity index (χ1n) is 6.34. The Morgan fingerprint density at radius 1 is 1.20 bits per heavy atom. The van der Waals surface area contributed by atoms with Crippen LogP contribution in [0.15, 0.2) is 30.5 Å². The molecule has 0 radical (unpaired) electrons. The van der Waals surface area contributed by atoms with Gasteiger partial charge in [-0.15, -0.1) is 0 Å².